The maximum Gasteiger partial charge on any atom is 0.273 e. The molecule has 0 bridgehead atoms. The molecule has 37 heavy (non-hydrogen) atoms. The van der Waals surface area contributed by atoms with Crippen molar-refractivity contribution < 1.29 is 14.3 Å². The summed E-state index contributed by atoms with van der Waals surface area (Å²) in [7, 11) is 1.78. The molecule has 188 valence electrons. The van der Waals surface area contributed by atoms with Crippen LogP contribution in [0.1, 0.15) is 50.7 Å². The molecule has 3 aromatic carbocycles. The Morgan fingerprint density at radius 2 is 1.78 bits per heavy atom. The number of amides is 2. The van der Waals surface area contributed by atoms with Crippen molar-refractivity contribution in [3.8, 4) is 5.75 Å². The van der Waals surface area contributed by atoms with Crippen LogP contribution < -0.4 is 4.74 Å². The molecular weight excluding hydrogens is 482 g/mol. The Bertz CT molecular complexity index is 1390. The monoisotopic (exact) mass is 511 g/mol. The summed E-state index contributed by atoms with van der Waals surface area (Å²) in [6.45, 7) is 3.11. The van der Waals surface area contributed by atoms with Crippen molar-refractivity contribution in [1.29, 1.82) is 0 Å². The third-order valence-corrected chi connectivity index (χ3v) is 7.43. The van der Waals surface area contributed by atoms with Gasteiger partial charge in [-0.05, 0) is 40.8 Å². The van der Waals surface area contributed by atoms with Crippen LogP contribution in [0.5, 0.6) is 5.75 Å². The third kappa shape index (κ3) is 5.57. The highest BCUT2D eigenvalue weighted by Crippen LogP contribution is 2.37. The number of thiazole rings is 1. The Balaban J connectivity index is 1.29. The average Bonchev–Trinajstić information content (AvgIpc) is 3.40. The summed E-state index contributed by atoms with van der Waals surface area (Å²) in [5, 5.41) is 2.52. The Morgan fingerprint density at radius 3 is 2.51 bits per heavy atom. The fourth-order valence-electron chi connectivity index (χ4n) is 4.76. The highest BCUT2D eigenvalue weighted by atomic mass is 32.1. The van der Waals surface area contributed by atoms with Gasteiger partial charge in [-0.3, -0.25) is 9.59 Å². The van der Waals surface area contributed by atoms with Crippen molar-refractivity contribution in [3.05, 3.63) is 117 Å². The molecule has 2 heterocycles. The molecule has 6 nitrogen and oxygen atoms in total. The van der Waals surface area contributed by atoms with Gasteiger partial charge < -0.3 is 14.5 Å². The molecule has 1 unspecified atom stereocenters. The zero-order valence-electron chi connectivity index (χ0n) is 21.0. The van der Waals surface area contributed by atoms with E-state index in [-0.39, 0.29) is 24.5 Å². The molecule has 4 aromatic rings. The fraction of sp³-hybridized carbons (Fsp3) is 0.233. The van der Waals surface area contributed by atoms with Gasteiger partial charge in [-0.15, -0.1) is 11.3 Å². The predicted molar refractivity (Wildman–Crippen MR) is 145 cm³/mol. The van der Waals surface area contributed by atoms with Gasteiger partial charge in [-0.25, -0.2) is 4.98 Å². The fourth-order valence-corrected chi connectivity index (χ4v) is 5.44. The Hall–Kier alpha value is -3.97. The largest absolute Gasteiger partial charge is 0.486 e. The molecule has 0 spiro atoms. The van der Waals surface area contributed by atoms with Crippen LogP contribution in [0.25, 0.3) is 0 Å². The zero-order chi connectivity index (χ0) is 25.8. The molecule has 5 rings (SSSR count). The minimum absolute atomic E-state index is 0.0584. The SMILES string of the molecule is CC(=O)N1CCc2ccc(OCc3nc(C(=O)N(C)Cc4ccccc4)cs3)cc2C1c1ccccc1. The smallest absolute Gasteiger partial charge is 0.273 e. The van der Waals surface area contributed by atoms with Crippen molar-refractivity contribution in [2.75, 3.05) is 13.6 Å². The lowest BCUT2D eigenvalue weighted by Crippen LogP contribution is -2.39. The van der Waals surface area contributed by atoms with Crippen LogP contribution in [0.3, 0.4) is 0 Å². The van der Waals surface area contributed by atoms with Gasteiger partial charge in [0.15, 0.2) is 0 Å². The van der Waals surface area contributed by atoms with Crippen molar-refractivity contribution in [3.63, 3.8) is 0 Å². The lowest BCUT2D eigenvalue weighted by molar-refractivity contribution is -0.130. The summed E-state index contributed by atoms with van der Waals surface area (Å²) in [4.78, 5) is 33.4. The van der Waals surface area contributed by atoms with Crippen LogP contribution >= 0.6 is 11.3 Å². The topological polar surface area (TPSA) is 62.7 Å². The van der Waals surface area contributed by atoms with E-state index >= 15 is 0 Å². The quantitative estimate of drug-likeness (QED) is 0.329. The number of ether oxygens (including phenoxy) is 1. The normalized spacial score (nSPS) is 14.6. The molecule has 2 amide bonds. The molecule has 7 heteroatoms. The number of benzene rings is 3. The van der Waals surface area contributed by atoms with Crippen molar-refractivity contribution in [2.45, 2.75) is 32.5 Å². The van der Waals surface area contributed by atoms with E-state index in [1.807, 2.05) is 65.6 Å². The lowest BCUT2D eigenvalue weighted by Gasteiger charge is -2.37. The molecule has 0 radical (unpaired) electrons. The van der Waals surface area contributed by atoms with E-state index in [1.165, 1.54) is 16.9 Å². The summed E-state index contributed by atoms with van der Waals surface area (Å²) in [6, 6.07) is 26.0. The molecular formula is C30H29N3O3S. The Kier molecular flexibility index (Phi) is 7.32. The van der Waals surface area contributed by atoms with Crippen molar-refractivity contribution in [1.82, 2.24) is 14.8 Å². The summed E-state index contributed by atoms with van der Waals surface area (Å²) in [5.74, 6) is 0.660. The zero-order valence-corrected chi connectivity index (χ0v) is 21.8. The average molecular weight is 512 g/mol. The predicted octanol–water partition coefficient (Wildman–Crippen LogP) is 5.49. The second-order valence-electron chi connectivity index (χ2n) is 9.20. The lowest BCUT2D eigenvalue weighted by atomic mass is 9.88. The maximum absolute atomic E-state index is 12.9. The number of carbonyl (C=O) groups excluding carboxylic acids is 2. The van der Waals surface area contributed by atoms with Gasteiger partial charge in [-0.1, -0.05) is 66.7 Å². The van der Waals surface area contributed by atoms with E-state index in [0.717, 1.165) is 28.1 Å². The van der Waals surface area contributed by atoms with Crippen LogP contribution in [0.15, 0.2) is 84.2 Å². The number of fused-ring (bicyclic) bond motifs is 1. The Labute approximate surface area is 221 Å². The second-order valence-corrected chi connectivity index (χ2v) is 10.1. The number of rotatable bonds is 7. The first kappa shape index (κ1) is 24.7. The molecule has 0 N–H and O–H groups in total. The van der Waals surface area contributed by atoms with Gasteiger partial charge in [-0.2, -0.15) is 0 Å². The standard InChI is InChI=1S/C30H29N3O3S/c1-21(34)33-16-15-23-13-14-25(17-26(23)29(33)24-11-7-4-8-12-24)36-19-28-31-27(20-37-28)30(35)32(2)18-22-9-5-3-6-10-22/h3-14,17,20,29H,15-16,18-19H2,1-2H3. The van der Waals surface area contributed by atoms with Crippen LogP contribution in [0, 0.1) is 0 Å². The number of nitrogens with zero attached hydrogens (tertiary/aromatic N) is 3. The number of carbonyl (C=O) groups is 2. The van der Waals surface area contributed by atoms with Gasteiger partial charge >= 0.3 is 0 Å². The Morgan fingerprint density at radius 1 is 1.05 bits per heavy atom. The maximum atomic E-state index is 12.9. The van der Waals surface area contributed by atoms with E-state index in [0.29, 0.717) is 24.5 Å². The second kappa shape index (κ2) is 11.0. The van der Waals surface area contributed by atoms with Crippen LogP contribution in [0.2, 0.25) is 0 Å². The van der Waals surface area contributed by atoms with Gasteiger partial charge in [0.1, 0.15) is 23.1 Å². The minimum atomic E-state index is -0.143. The van der Waals surface area contributed by atoms with E-state index in [1.54, 1.807) is 24.3 Å². The highest BCUT2D eigenvalue weighted by Gasteiger charge is 2.30. The van der Waals surface area contributed by atoms with Gasteiger partial charge in [0, 0.05) is 32.4 Å². The molecule has 1 aliphatic rings. The third-order valence-electron chi connectivity index (χ3n) is 6.61. The van der Waals surface area contributed by atoms with Crippen LogP contribution in [-0.2, 0) is 24.4 Å². The van der Waals surface area contributed by atoms with E-state index in [4.69, 9.17) is 4.74 Å². The van der Waals surface area contributed by atoms with Gasteiger partial charge in [0.05, 0.1) is 6.04 Å². The van der Waals surface area contributed by atoms with E-state index < -0.39 is 0 Å². The minimum Gasteiger partial charge on any atom is -0.486 e. The van der Waals surface area contributed by atoms with E-state index in [2.05, 4.69) is 23.2 Å². The van der Waals surface area contributed by atoms with E-state index in [9.17, 15) is 9.59 Å². The molecule has 0 saturated heterocycles. The molecule has 0 saturated carbocycles. The first-order valence-corrected chi connectivity index (χ1v) is 13.2. The van der Waals surface area contributed by atoms with Gasteiger partial charge in [0.2, 0.25) is 5.91 Å². The first-order valence-electron chi connectivity index (χ1n) is 12.3. The van der Waals surface area contributed by atoms with Crippen molar-refractivity contribution in [2.24, 2.45) is 0 Å². The summed E-state index contributed by atoms with van der Waals surface area (Å²) >= 11 is 1.41. The summed E-state index contributed by atoms with van der Waals surface area (Å²) in [6.07, 6.45) is 0.812. The number of hydrogen-bond acceptors (Lipinski definition) is 5. The molecule has 1 aliphatic heterocycles. The molecule has 1 atom stereocenters. The highest BCUT2D eigenvalue weighted by molar-refractivity contribution is 7.09. The molecule has 0 aliphatic carbocycles. The van der Waals surface area contributed by atoms with Crippen molar-refractivity contribution >= 4 is 23.2 Å². The molecule has 1 aromatic heterocycles. The van der Waals surface area contributed by atoms with Crippen LogP contribution in [0.4, 0.5) is 0 Å². The molecule has 0 fully saturated rings. The van der Waals surface area contributed by atoms with Gasteiger partial charge in [0.25, 0.3) is 5.91 Å². The number of hydrogen-bond donors (Lipinski definition) is 0. The van der Waals surface area contributed by atoms with Crippen LogP contribution in [-0.4, -0.2) is 40.2 Å². The summed E-state index contributed by atoms with van der Waals surface area (Å²) < 4.78 is 6.11. The number of aromatic nitrogens is 1. The first-order chi connectivity index (χ1) is 18.0. The summed E-state index contributed by atoms with van der Waals surface area (Å²) in [5.41, 5.74) is 4.89.